The van der Waals surface area contributed by atoms with Crippen LogP contribution in [0.5, 0.6) is 0 Å². The normalized spacial score (nSPS) is 7.67. The summed E-state index contributed by atoms with van der Waals surface area (Å²) in [6.45, 7) is 2.49. The number of nitrogens with one attached hydrogen (secondary N) is 2. The van der Waals surface area contributed by atoms with Crippen LogP contribution in [0.15, 0.2) is 0 Å². The van der Waals surface area contributed by atoms with Crippen molar-refractivity contribution in [1.82, 2.24) is 10.6 Å². The van der Waals surface area contributed by atoms with E-state index >= 15 is 0 Å². The van der Waals surface area contributed by atoms with Gasteiger partial charge >= 0.3 is 0 Å². The van der Waals surface area contributed by atoms with Crippen molar-refractivity contribution in [1.29, 1.82) is 5.26 Å². The minimum Gasteiger partial charge on any atom is -0.342 e. The topological polar surface area (TPSA) is 64.9 Å². The van der Waals surface area contributed by atoms with Crippen molar-refractivity contribution in [3.05, 3.63) is 0 Å². The maximum Gasteiger partial charge on any atom is 0.234 e. The number of carbonyl (C=O) groups excluding carboxylic acids is 1. The van der Waals surface area contributed by atoms with Crippen LogP contribution in [0.2, 0.25) is 0 Å². The summed E-state index contributed by atoms with van der Waals surface area (Å²) in [5.74, 6) is 5.26. The van der Waals surface area contributed by atoms with Crippen LogP contribution in [-0.4, -0.2) is 25.5 Å². The molecule has 0 aromatic heterocycles. The zero-order valence-corrected chi connectivity index (χ0v) is 6.98. The van der Waals surface area contributed by atoms with Gasteiger partial charge in [0.25, 0.3) is 0 Å². The molecule has 0 aliphatic carbocycles. The molecule has 2 N–H and O–H groups in total. The van der Waals surface area contributed by atoms with E-state index in [2.05, 4.69) is 22.5 Å². The van der Waals surface area contributed by atoms with E-state index in [1.165, 1.54) is 0 Å². The molecule has 0 spiro atoms. The van der Waals surface area contributed by atoms with Gasteiger partial charge in [0, 0.05) is 0 Å². The third-order valence-corrected chi connectivity index (χ3v) is 1.04. The summed E-state index contributed by atoms with van der Waals surface area (Å²) in [4.78, 5) is 10.8. The van der Waals surface area contributed by atoms with Crippen LogP contribution < -0.4 is 10.6 Å². The third-order valence-electron chi connectivity index (χ3n) is 1.04. The largest absolute Gasteiger partial charge is 0.342 e. The lowest BCUT2D eigenvalue weighted by Crippen LogP contribution is -2.34. The summed E-state index contributed by atoms with van der Waals surface area (Å²) in [5, 5.41) is 13.3. The molecule has 0 radical (unpaired) electrons. The Balaban J connectivity index is 3.31. The highest BCUT2D eigenvalue weighted by atomic mass is 16.1. The lowest BCUT2D eigenvalue weighted by molar-refractivity contribution is -0.119. The zero-order chi connectivity index (χ0) is 9.23. The highest BCUT2D eigenvalue weighted by Gasteiger charge is 1.96. The second-order valence-corrected chi connectivity index (χ2v) is 1.97. The Morgan fingerprint density at radius 3 is 2.83 bits per heavy atom. The van der Waals surface area contributed by atoms with Gasteiger partial charge in [0.2, 0.25) is 5.91 Å². The first-order valence-electron chi connectivity index (χ1n) is 3.55. The van der Waals surface area contributed by atoms with Gasteiger partial charge in [0.15, 0.2) is 0 Å². The number of hydrogen-bond donors (Lipinski definition) is 2. The van der Waals surface area contributed by atoms with Gasteiger partial charge in [-0.15, -0.1) is 5.92 Å². The Morgan fingerprint density at radius 2 is 2.25 bits per heavy atom. The average Bonchev–Trinajstić information content (AvgIpc) is 2.09. The molecule has 0 fully saturated rings. The molecule has 4 nitrogen and oxygen atoms in total. The fourth-order valence-electron chi connectivity index (χ4n) is 0.528. The second kappa shape index (κ2) is 7.59. The van der Waals surface area contributed by atoms with Gasteiger partial charge < -0.3 is 5.32 Å². The Hall–Kier alpha value is -1.52. The fourth-order valence-corrected chi connectivity index (χ4v) is 0.528. The molecule has 0 aromatic carbocycles. The van der Waals surface area contributed by atoms with Gasteiger partial charge in [-0.1, -0.05) is 5.92 Å². The van der Waals surface area contributed by atoms with E-state index in [0.717, 1.165) is 0 Å². The number of hydrogen-bond acceptors (Lipinski definition) is 3. The van der Waals surface area contributed by atoms with E-state index in [9.17, 15) is 4.79 Å². The summed E-state index contributed by atoms with van der Waals surface area (Å²) >= 11 is 0. The highest BCUT2D eigenvalue weighted by Crippen LogP contribution is 1.63. The van der Waals surface area contributed by atoms with Gasteiger partial charge in [0.05, 0.1) is 19.2 Å². The Bertz CT molecular complexity index is 231. The standard InChI is InChI=1S/C8H11N3O/c1-2-3-5-10-7-8(12)11-6-4-9/h10H,5-7H2,1H3,(H,11,12). The van der Waals surface area contributed by atoms with Crippen LogP contribution in [0.4, 0.5) is 0 Å². The molecule has 0 aliphatic rings. The van der Waals surface area contributed by atoms with Crippen LogP contribution >= 0.6 is 0 Å². The monoisotopic (exact) mass is 165 g/mol. The van der Waals surface area contributed by atoms with Crippen molar-refractivity contribution in [2.45, 2.75) is 6.92 Å². The second-order valence-electron chi connectivity index (χ2n) is 1.97. The predicted molar refractivity (Wildman–Crippen MR) is 44.9 cm³/mol. The summed E-state index contributed by atoms with van der Waals surface area (Å²) in [6, 6.07) is 1.81. The molecule has 4 heteroatoms. The summed E-state index contributed by atoms with van der Waals surface area (Å²) in [5.41, 5.74) is 0. The zero-order valence-electron chi connectivity index (χ0n) is 6.98. The van der Waals surface area contributed by atoms with Crippen molar-refractivity contribution >= 4 is 5.91 Å². The fraction of sp³-hybridized carbons (Fsp3) is 0.500. The Labute approximate surface area is 71.9 Å². The summed E-state index contributed by atoms with van der Waals surface area (Å²) in [6.07, 6.45) is 0. The van der Waals surface area contributed by atoms with Crippen molar-refractivity contribution in [3.63, 3.8) is 0 Å². The molecule has 12 heavy (non-hydrogen) atoms. The first-order chi connectivity index (χ1) is 5.81. The summed E-state index contributed by atoms with van der Waals surface area (Å²) in [7, 11) is 0. The van der Waals surface area contributed by atoms with Crippen LogP contribution in [0.3, 0.4) is 0 Å². The lowest BCUT2D eigenvalue weighted by atomic mass is 10.5. The highest BCUT2D eigenvalue weighted by molar-refractivity contribution is 5.78. The van der Waals surface area contributed by atoms with Gasteiger partial charge in [-0.25, -0.2) is 0 Å². The Kier molecular flexibility index (Phi) is 6.62. The molecule has 0 atom stereocenters. The number of carbonyl (C=O) groups is 1. The minimum atomic E-state index is -0.186. The van der Waals surface area contributed by atoms with Crippen molar-refractivity contribution in [2.24, 2.45) is 0 Å². The first kappa shape index (κ1) is 10.5. The molecule has 0 saturated heterocycles. The molecular formula is C8H11N3O. The van der Waals surface area contributed by atoms with E-state index in [0.29, 0.717) is 6.54 Å². The molecule has 0 heterocycles. The van der Waals surface area contributed by atoms with Crippen LogP contribution in [-0.2, 0) is 4.79 Å². The predicted octanol–water partition coefficient (Wildman–Crippen LogP) is -0.761. The molecule has 0 aliphatic heterocycles. The first-order valence-corrected chi connectivity index (χ1v) is 3.55. The minimum absolute atomic E-state index is 0.0555. The summed E-state index contributed by atoms with van der Waals surface area (Å²) < 4.78 is 0. The lowest BCUT2D eigenvalue weighted by Gasteiger charge is -1.99. The van der Waals surface area contributed by atoms with Gasteiger partial charge in [0.1, 0.15) is 6.54 Å². The third kappa shape index (κ3) is 6.60. The SMILES string of the molecule is CC#CCNCC(=O)NCC#N. The average molecular weight is 165 g/mol. The van der Waals surface area contributed by atoms with E-state index in [1.54, 1.807) is 6.92 Å². The van der Waals surface area contributed by atoms with Crippen molar-refractivity contribution < 1.29 is 4.79 Å². The molecular weight excluding hydrogens is 154 g/mol. The van der Waals surface area contributed by atoms with E-state index in [-0.39, 0.29) is 19.0 Å². The molecule has 0 aromatic rings. The van der Waals surface area contributed by atoms with Crippen LogP contribution in [0.25, 0.3) is 0 Å². The van der Waals surface area contributed by atoms with Crippen molar-refractivity contribution in [2.75, 3.05) is 19.6 Å². The van der Waals surface area contributed by atoms with Gasteiger partial charge in [-0.3, -0.25) is 10.1 Å². The van der Waals surface area contributed by atoms with Crippen LogP contribution in [0.1, 0.15) is 6.92 Å². The van der Waals surface area contributed by atoms with Crippen molar-refractivity contribution in [3.8, 4) is 17.9 Å². The van der Waals surface area contributed by atoms with Gasteiger partial charge in [-0.2, -0.15) is 5.26 Å². The number of rotatable bonds is 4. The van der Waals surface area contributed by atoms with Gasteiger partial charge in [-0.05, 0) is 6.92 Å². The quantitative estimate of drug-likeness (QED) is 0.327. The molecule has 64 valence electrons. The molecule has 1 amide bonds. The molecule has 0 rings (SSSR count). The van der Waals surface area contributed by atoms with Crippen LogP contribution in [0, 0.1) is 23.2 Å². The van der Waals surface area contributed by atoms with E-state index < -0.39 is 0 Å². The number of amides is 1. The molecule has 0 saturated carbocycles. The number of nitriles is 1. The maximum absolute atomic E-state index is 10.8. The number of nitrogens with zero attached hydrogens (tertiary/aromatic N) is 1. The molecule has 0 bridgehead atoms. The van der Waals surface area contributed by atoms with E-state index in [4.69, 9.17) is 5.26 Å². The maximum atomic E-state index is 10.8. The Morgan fingerprint density at radius 1 is 1.50 bits per heavy atom. The smallest absolute Gasteiger partial charge is 0.234 e. The van der Waals surface area contributed by atoms with E-state index in [1.807, 2.05) is 6.07 Å². The molecule has 0 unspecified atom stereocenters.